The van der Waals surface area contributed by atoms with Gasteiger partial charge in [-0.1, -0.05) is 162 Å². The molecule has 1 N–H and O–H groups in total. The molecule has 0 saturated carbocycles. The third kappa shape index (κ3) is 35.0. The molecule has 0 aliphatic heterocycles. The summed E-state index contributed by atoms with van der Waals surface area (Å²) in [6.07, 6.45) is 38.5. The maximum Gasteiger partial charge on any atom is 0.311 e. The van der Waals surface area contributed by atoms with Crippen LogP contribution in [-0.4, -0.2) is 60.9 Å². The van der Waals surface area contributed by atoms with E-state index in [0.29, 0.717) is 13.0 Å². The molecular formula is C47H93NO5. The molecule has 0 heterocycles. The van der Waals surface area contributed by atoms with E-state index in [-0.39, 0.29) is 24.6 Å². The molecule has 316 valence electrons. The molecule has 0 aromatic rings. The summed E-state index contributed by atoms with van der Waals surface area (Å²) in [5.74, 6) is -0.00784. The van der Waals surface area contributed by atoms with Crippen LogP contribution in [0.15, 0.2) is 0 Å². The van der Waals surface area contributed by atoms with Gasteiger partial charge in [-0.2, -0.15) is 0 Å². The molecule has 0 saturated heterocycles. The van der Waals surface area contributed by atoms with Gasteiger partial charge in [0, 0.05) is 19.6 Å². The van der Waals surface area contributed by atoms with Gasteiger partial charge in [0.15, 0.2) is 0 Å². The summed E-state index contributed by atoms with van der Waals surface area (Å²) >= 11 is 0. The predicted octanol–water partition coefficient (Wildman–Crippen LogP) is 13.7. The minimum Gasteiger partial charge on any atom is -0.466 e. The van der Waals surface area contributed by atoms with E-state index in [2.05, 4.69) is 39.5 Å². The number of esters is 2. The van der Waals surface area contributed by atoms with Crippen molar-refractivity contribution in [1.29, 1.82) is 0 Å². The number of rotatable bonds is 42. The fourth-order valence-electron chi connectivity index (χ4n) is 7.32. The lowest BCUT2D eigenvalue weighted by atomic mass is 9.86. The molecule has 0 aromatic heterocycles. The highest BCUT2D eigenvalue weighted by Crippen LogP contribution is 2.28. The molecule has 6 nitrogen and oxygen atoms in total. The van der Waals surface area contributed by atoms with Crippen molar-refractivity contribution in [3.8, 4) is 0 Å². The van der Waals surface area contributed by atoms with E-state index in [1.807, 2.05) is 0 Å². The van der Waals surface area contributed by atoms with Crippen LogP contribution in [0.3, 0.4) is 0 Å². The van der Waals surface area contributed by atoms with Crippen LogP contribution >= 0.6 is 0 Å². The molecule has 0 atom stereocenters. The molecule has 0 spiro atoms. The molecule has 0 fully saturated rings. The SMILES string of the molecule is CCCCCCCCC(CCCCCCCC)OC(=O)C(C)(C)CCCCCCN(CCCO)CCCCCCCCCC(=O)OCCCCCCC. The number of hydrogen-bond donors (Lipinski definition) is 1. The number of unbranched alkanes of at least 4 members (excludes halogenated alkanes) is 23. The van der Waals surface area contributed by atoms with E-state index in [9.17, 15) is 14.7 Å². The van der Waals surface area contributed by atoms with Crippen molar-refractivity contribution in [2.24, 2.45) is 5.41 Å². The van der Waals surface area contributed by atoms with Gasteiger partial charge in [-0.05, 0) is 91.1 Å². The van der Waals surface area contributed by atoms with E-state index in [1.54, 1.807) is 0 Å². The Kier molecular flexibility index (Phi) is 38.3. The first-order valence-electron chi connectivity index (χ1n) is 23.5. The number of carbonyl (C=O) groups excluding carboxylic acids is 2. The van der Waals surface area contributed by atoms with Crippen LogP contribution < -0.4 is 0 Å². The number of aliphatic hydroxyl groups is 1. The van der Waals surface area contributed by atoms with E-state index in [4.69, 9.17) is 9.47 Å². The molecular weight excluding hydrogens is 659 g/mol. The van der Waals surface area contributed by atoms with E-state index < -0.39 is 5.41 Å². The Morgan fingerprint density at radius 3 is 1.45 bits per heavy atom. The van der Waals surface area contributed by atoms with Crippen LogP contribution in [0.25, 0.3) is 0 Å². The lowest BCUT2D eigenvalue weighted by Crippen LogP contribution is -2.31. The molecule has 0 unspecified atom stereocenters. The first-order chi connectivity index (χ1) is 25.8. The van der Waals surface area contributed by atoms with Gasteiger partial charge in [0.1, 0.15) is 6.10 Å². The molecule has 0 aromatic carbocycles. The summed E-state index contributed by atoms with van der Waals surface area (Å²) in [6.45, 7) is 15.0. The lowest BCUT2D eigenvalue weighted by Gasteiger charge is -2.27. The number of nitrogens with zero attached hydrogens (tertiary/aromatic N) is 1. The molecule has 0 aliphatic carbocycles. The number of hydrogen-bond acceptors (Lipinski definition) is 6. The summed E-state index contributed by atoms with van der Waals surface area (Å²) in [7, 11) is 0. The van der Waals surface area contributed by atoms with Crippen LogP contribution in [0.2, 0.25) is 0 Å². The standard InChI is InChI=1S/C47H93NO5/c1-6-9-12-15-20-27-35-44(36-28-21-16-13-10-7-2)53-46(51)47(4,5)38-30-23-25-32-40-48(41-34-42-49)39-31-24-19-17-18-22-29-37-45(50)52-43-33-26-14-11-8-3/h44,49H,6-43H2,1-5H3. The smallest absolute Gasteiger partial charge is 0.311 e. The highest BCUT2D eigenvalue weighted by atomic mass is 16.5. The lowest BCUT2D eigenvalue weighted by molar-refractivity contribution is -0.161. The van der Waals surface area contributed by atoms with Gasteiger partial charge in [-0.25, -0.2) is 0 Å². The number of carbonyl (C=O) groups is 2. The second-order valence-electron chi connectivity index (χ2n) is 17.0. The Balaban J connectivity index is 4.24. The highest BCUT2D eigenvalue weighted by Gasteiger charge is 2.30. The number of aliphatic hydroxyl groups excluding tert-OH is 1. The van der Waals surface area contributed by atoms with Gasteiger partial charge in [-0.15, -0.1) is 0 Å². The fraction of sp³-hybridized carbons (Fsp3) is 0.957. The van der Waals surface area contributed by atoms with Crippen LogP contribution in [-0.2, 0) is 19.1 Å². The predicted molar refractivity (Wildman–Crippen MR) is 228 cm³/mol. The molecule has 53 heavy (non-hydrogen) atoms. The highest BCUT2D eigenvalue weighted by molar-refractivity contribution is 5.76. The third-order valence-electron chi connectivity index (χ3n) is 11.1. The van der Waals surface area contributed by atoms with Crippen LogP contribution in [0.1, 0.15) is 247 Å². The maximum atomic E-state index is 13.4. The Morgan fingerprint density at radius 1 is 0.528 bits per heavy atom. The van der Waals surface area contributed by atoms with Crippen molar-refractivity contribution in [3.63, 3.8) is 0 Å². The second kappa shape index (κ2) is 39.1. The van der Waals surface area contributed by atoms with E-state index in [1.165, 1.54) is 148 Å². The molecule has 0 aliphatic rings. The van der Waals surface area contributed by atoms with Gasteiger partial charge < -0.3 is 19.5 Å². The quantitative estimate of drug-likeness (QED) is 0.0494. The molecule has 0 bridgehead atoms. The van der Waals surface area contributed by atoms with Gasteiger partial charge in [0.2, 0.25) is 0 Å². The molecule has 0 rings (SSSR count). The minimum atomic E-state index is -0.424. The van der Waals surface area contributed by atoms with Crippen molar-refractivity contribution in [1.82, 2.24) is 4.90 Å². The topological polar surface area (TPSA) is 76.1 Å². The molecule has 0 amide bonds. The Hall–Kier alpha value is -1.14. The minimum absolute atomic E-state index is 0.0122. The van der Waals surface area contributed by atoms with Gasteiger partial charge >= 0.3 is 11.9 Å². The first-order valence-corrected chi connectivity index (χ1v) is 23.5. The van der Waals surface area contributed by atoms with E-state index in [0.717, 1.165) is 77.4 Å². The Bertz CT molecular complexity index is 771. The summed E-state index contributed by atoms with van der Waals surface area (Å²) in [4.78, 5) is 27.8. The van der Waals surface area contributed by atoms with Crippen molar-refractivity contribution in [2.75, 3.05) is 32.8 Å². The van der Waals surface area contributed by atoms with E-state index >= 15 is 0 Å². The van der Waals surface area contributed by atoms with Crippen LogP contribution in [0.5, 0.6) is 0 Å². The summed E-state index contributed by atoms with van der Waals surface area (Å²) in [5, 5.41) is 9.43. The van der Waals surface area contributed by atoms with Crippen LogP contribution in [0, 0.1) is 5.41 Å². The van der Waals surface area contributed by atoms with Gasteiger partial charge in [0.05, 0.1) is 12.0 Å². The van der Waals surface area contributed by atoms with Crippen molar-refractivity contribution >= 4 is 11.9 Å². The summed E-state index contributed by atoms with van der Waals surface area (Å²) in [6, 6.07) is 0. The zero-order valence-electron chi connectivity index (χ0n) is 36.5. The molecule has 0 radical (unpaired) electrons. The van der Waals surface area contributed by atoms with Crippen molar-refractivity contribution < 1.29 is 24.2 Å². The van der Waals surface area contributed by atoms with Crippen molar-refractivity contribution in [2.45, 2.75) is 253 Å². The third-order valence-corrected chi connectivity index (χ3v) is 11.1. The number of ether oxygens (including phenoxy) is 2. The van der Waals surface area contributed by atoms with Crippen LogP contribution in [0.4, 0.5) is 0 Å². The monoisotopic (exact) mass is 752 g/mol. The zero-order chi connectivity index (χ0) is 39.1. The van der Waals surface area contributed by atoms with Gasteiger partial charge in [-0.3, -0.25) is 9.59 Å². The summed E-state index contributed by atoms with van der Waals surface area (Å²) < 4.78 is 11.6. The largest absolute Gasteiger partial charge is 0.466 e. The zero-order valence-corrected chi connectivity index (χ0v) is 36.5. The summed E-state index contributed by atoms with van der Waals surface area (Å²) in [5.41, 5.74) is -0.424. The van der Waals surface area contributed by atoms with Gasteiger partial charge in [0.25, 0.3) is 0 Å². The first kappa shape index (κ1) is 51.9. The second-order valence-corrected chi connectivity index (χ2v) is 17.0. The van der Waals surface area contributed by atoms with Crippen molar-refractivity contribution in [3.05, 3.63) is 0 Å². The average Bonchev–Trinajstić information content (AvgIpc) is 3.14. The average molecular weight is 752 g/mol. The molecule has 6 heteroatoms. The maximum absolute atomic E-state index is 13.4. The Morgan fingerprint density at radius 2 is 0.943 bits per heavy atom. The Labute approximate surface area is 331 Å². The fourth-order valence-corrected chi connectivity index (χ4v) is 7.32. The normalized spacial score (nSPS) is 11.9.